The van der Waals surface area contributed by atoms with Gasteiger partial charge in [0.05, 0.1) is 38.1 Å². The first-order valence-electron chi connectivity index (χ1n) is 10.3. The molecule has 1 heterocycles. The lowest BCUT2D eigenvalue weighted by Crippen LogP contribution is -2.24. The lowest BCUT2D eigenvalue weighted by Gasteiger charge is -2.13. The Labute approximate surface area is 210 Å². The first-order valence-corrected chi connectivity index (χ1v) is 12.1. The molecule has 0 spiro atoms. The van der Waals surface area contributed by atoms with Gasteiger partial charge in [0.15, 0.2) is 5.16 Å². The van der Waals surface area contributed by atoms with Gasteiger partial charge in [-0.15, -0.1) is 0 Å². The fourth-order valence-corrected chi connectivity index (χ4v) is 4.33. The molecule has 0 unspecified atom stereocenters. The average molecular weight is 511 g/mol. The van der Waals surface area contributed by atoms with Gasteiger partial charge >= 0.3 is 0 Å². The molecular formula is C25H20Cl2N4O2S. The van der Waals surface area contributed by atoms with Crippen molar-refractivity contribution in [1.82, 2.24) is 15.0 Å². The van der Waals surface area contributed by atoms with Crippen molar-refractivity contribution in [2.75, 3.05) is 5.75 Å². The first-order chi connectivity index (χ1) is 16.3. The highest BCUT2D eigenvalue weighted by Gasteiger charge is 2.15. The molecule has 4 aromatic rings. The largest absolute Gasteiger partial charge is 0.272 e. The van der Waals surface area contributed by atoms with Gasteiger partial charge < -0.3 is 0 Å². The number of thioether (sulfide) groups is 1. The fourth-order valence-electron chi connectivity index (χ4n) is 3.23. The van der Waals surface area contributed by atoms with Crippen molar-refractivity contribution in [2.24, 2.45) is 5.10 Å². The van der Waals surface area contributed by atoms with E-state index in [4.69, 9.17) is 23.2 Å². The number of amides is 1. The maximum absolute atomic E-state index is 13.3. The van der Waals surface area contributed by atoms with Crippen molar-refractivity contribution in [2.45, 2.75) is 19.0 Å². The van der Waals surface area contributed by atoms with E-state index in [0.717, 1.165) is 11.1 Å². The number of rotatable bonds is 6. The second-order valence-corrected chi connectivity index (χ2v) is 9.29. The topological polar surface area (TPSA) is 76.3 Å². The zero-order chi connectivity index (χ0) is 24.2. The predicted molar refractivity (Wildman–Crippen MR) is 140 cm³/mol. The number of fused-ring (bicyclic) bond motifs is 1. The number of para-hydroxylation sites is 1. The SMILES string of the molecule is C/C(=N/NC(=O)CSc1nc2ccccc2c(=O)n1-c1ccc(C)cc1)c1ccc(Cl)c(Cl)c1. The van der Waals surface area contributed by atoms with Crippen LogP contribution < -0.4 is 11.0 Å². The van der Waals surface area contributed by atoms with Gasteiger partial charge in [0.1, 0.15) is 0 Å². The van der Waals surface area contributed by atoms with E-state index in [9.17, 15) is 9.59 Å². The Morgan fingerprint density at radius 3 is 2.53 bits per heavy atom. The van der Waals surface area contributed by atoms with Gasteiger partial charge in [-0.1, -0.05) is 70.9 Å². The Morgan fingerprint density at radius 1 is 1.06 bits per heavy atom. The smallest absolute Gasteiger partial charge is 0.266 e. The molecule has 9 heteroatoms. The average Bonchev–Trinajstić information content (AvgIpc) is 2.84. The number of carbonyl (C=O) groups is 1. The van der Waals surface area contributed by atoms with Crippen molar-refractivity contribution >= 4 is 57.5 Å². The van der Waals surface area contributed by atoms with Crippen LogP contribution in [0.1, 0.15) is 18.1 Å². The van der Waals surface area contributed by atoms with Gasteiger partial charge in [-0.2, -0.15) is 5.10 Å². The second-order valence-electron chi connectivity index (χ2n) is 7.54. The molecule has 0 aliphatic rings. The minimum atomic E-state index is -0.331. The summed E-state index contributed by atoms with van der Waals surface area (Å²) in [5.74, 6) is -0.309. The monoisotopic (exact) mass is 510 g/mol. The molecule has 6 nitrogen and oxygen atoms in total. The van der Waals surface area contributed by atoms with Crippen molar-refractivity contribution in [3.05, 3.63) is 98.3 Å². The van der Waals surface area contributed by atoms with Crippen LogP contribution in [-0.4, -0.2) is 26.9 Å². The van der Waals surface area contributed by atoms with Gasteiger partial charge in [0.2, 0.25) is 0 Å². The van der Waals surface area contributed by atoms with Gasteiger partial charge in [-0.05, 0) is 55.8 Å². The molecular weight excluding hydrogens is 491 g/mol. The van der Waals surface area contributed by atoms with Crippen molar-refractivity contribution in [1.29, 1.82) is 0 Å². The number of aromatic nitrogens is 2. The molecule has 0 fully saturated rings. The lowest BCUT2D eigenvalue weighted by atomic mass is 10.1. The van der Waals surface area contributed by atoms with E-state index in [1.807, 2.05) is 37.3 Å². The molecule has 1 aromatic heterocycles. The van der Waals surface area contributed by atoms with Crippen LogP contribution in [0.15, 0.2) is 81.8 Å². The maximum Gasteiger partial charge on any atom is 0.266 e. The van der Waals surface area contributed by atoms with Crippen LogP contribution in [0.4, 0.5) is 0 Å². The summed E-state index contributed by atoms with van der Waals surface area (Å²) in [6.07, 6.45) is 0. The van der Waals surface area contributed by atoms with Crippen LogP contribution in [0.25, 0.3) is 16.6 Å². The Morgan fingerprint density at radius 2 is 1.79 bits per heavy atom. The van der Waals surface area contributed by atoms with E-state index in [0.29, 0.717) is 37.5 Å². The first kappa shape index (κ1) is 24.0. The molecule has 0 aliphatic heterocycles. The van der Waals surface area contributed by atoms with Gasteiger partial charge in [-0.25, -0.2) is 10.4 Å². The highest BCUT2D eigenvalue weighted by molar-refractivity contribution is 7.99. The van der Waals surface area contributed by atoms with Crippen LogP contribution in [-0.2, 0) is 4.79 Å². The fraction of sp³-hybridized carbons (Fsp3) is 0.120. The van der Waals surface area contributed by atoms with Gasteiger partial charge in [0, 0.05) is 0 Å². The van der Waals surface area contributed by atoms with E-state index in [2.05, 4.69) is 15.5 Å². The minimum absolute atomic E-state index is 0.0226. The number of carbonyl (C=O) groups excluding carboxylic acids is 1. The summed E-state index contributed by atoms with van der Waals surface area (Å²) in [4.78, 5) is 30.4. The summed E-state index contributed by atoms with van der Waals surface area (Å²) in [6, 6.07) is 19.9. The number of nitrogens with one attached hydrogen (secondary N) is 1. The molecule has 0 aliphatic carbocycles. The number of benzene rings is 3. The van der Waals surface area contributed by atoms with Crippen LogP contribution >= 0.6 is 35.0 Å². The molecule has 0 radical (unpaired) electrons. The molecule has 3 aromatic carbocycles. The summed E-state index contributed by atoms with van der Waals surface area (Å²) in [5, 5.41) is 5.94. The second kappa shape index (κ2) is 10.4. The molecule has 0 saturated carbocycles. The highest BCUT2D eigenvalue weighted by atomic mass is 35.5. The Hall–Kier alpha value is -3.13. The summed E-state index contributed by atoms with van der Waals surface area (Å²) in [7, 11) is 0. The standard InChI is InChI=1S/C25H20Cl2N4O2S/c1-15-7-10-18(11-8-15)31-24(33)19-5-3-4-6-22(19)28-25(31)34-14-23(32)30-29-16(2)17-9-12-20(26)21(27)13-17/h3-13H,14H2,1-2H3,(H,30,32)/b29-16-. The van der Waals surface area contributed by atoms with Gasteiger partial charge in [0.25, 0.3) is 11.5 Å². The highest BCUT2D eigenvalue weighted by Crippen LogP contribution is 2.23. The number of hydrogen-bond acceptors (Lipinski definition) is 5. The molecule has 0 bridgehead atoms. The van der Waals surface area contributed by atoms with Crippen molar-refractivity contribution in [3.8, 4) is 5.69 Å². The summed E-state index contributed by atoms with van der Waals surface area (Å²) in [6.45, 7) is 3.73. The van der Waals surface area contributed by atoms with Crippen molar-refractivity contribution in [3.63, 3.8) is 0 Å². The lowest BCUT2D eigenvalue weighted by molar-refractivity contribution is -0.118. The number of halogens is 2. The zero-order valence-electron chi connectivity index (χ0n) is 18.4. The number of nitrogens with zero attached hydrogens (tertiary/aromatic N) is 3. The van der Waals surface area contributed by atoms with E-state index in [1.54, 1.807) is 43.3 Å². The molecule has 1 N–H and O–H groups in total. The summed E-state index contributed by atoms with van der Waals surface area (Å²) < 4.78 is 1.53. The molecule has 0 saturated heterocycles. The zero-order valence-corrected chi connectivity index (χ0v) is 20.7. The Balaban J connectivity index is 1.57. The van der Waals surface area contributed by atoms with E-state index < -0.39 is 0 Å². The Kier molecular flexibility index (Phi) is 7.36. The normalized spacial score (nSPS) is 11.6. The van der Waals surface area contributed by atoms with E-state index in [-0.39, 0.29) is 17.2 Å². The number of hydrogen-bond donors (Lipinski definition) is 1. The predicted octanol–water partition coefficient (Wildman–Crippen LogP) is 5.63. The van der Waals surface area contributed by atoms with Crippen LogP contribution in [0, 0.1) is 6.92 Å². The minimum Gasteiger partial charge on any atom is -0.272 e. The maximum atomic E-state index is 13.3. The quantitative estimate of drug-likeness (QED) is 0.158. The molecule has 34 heavy (non-hydrogen) atoms. The van der Waals surface area contributed by atoms with Crippen LogP contribution in [0.5, 0.6) is 0 Å². The van der Waals surface area contributed by atoms with Crippen molar-refractivity contribution < 1.29 is 4.79 Å². The number of aryl methyl sites for hydroxylation is 1. The van der Waals surface area contributed by atoms with E-state index >= 15 is 0 Å². The molecule has 4 rings (SSSR count). The number of hydrazone groups is 1. The third-order valence-electron chi connectivity index (χ3n) is 5.06. The van der Waals surface area contributed by atoms with Gasteiger partial charge in [-0.3, -0.25) is 14.2 Å². The van der Waals surface area contributed by atoms with Crippen LogP contribution in [0.2, 0.25) is 10.0 Å². The van der Waals surface area contributed by atoms with Crippen LogP contribution in [0.3, 0.4) is 0 Å². The molecule has 1 amide bonds. The summed E-state index contributed by atoms with van der Waals surface area (Å²) in [5.41, 5.74) is 6.01. The third-order valence-corrected chi connectivity index (χ3v) is 6.73. The Bertz CT molecular complexity index is 1470. The third kappa shape index (κ3) is 5.33. The summed E-state index contributed by atoms with van der Waals surface area (Å²) >= 11 is 13.2. The van der Waals surface area contributed by atoms with E-state index in [1.165, 1.54) is 16.3 Å². The molecule has 0 atom stereocenters. The molecule has 172 valence electrons.